The first-order valence-electron chi connectivity index (χ1n) is 7.05. The molecule has 0 heterocycles. The van der Waals surface area contributed by atoms with E-state index >= 15 is 0 Å². The topological polar surface area (TPSA) is 29.1 Å². The Kier molecular flexibility index (Phi) is 5.09. The van der Waals surface area contributed by atoms with Gasteiger partial charge in [-0.2, -0.15) is 0 Å². The van der Waals surface area contributed by atoms with E-state index in [1.807, 2.05) is 41.5 Å². The van der Waals surface area contributed by atoms with Gasteiger partial charge in [-0.15, -0.1) is 0 Å². The Balaban J connectivity index is 2.93. The minimum atomic E-state index is -0.400. The minimum Gasteiger partial charge on any atom is -0.302 e. The fourth-order valence-electron chi connectivity index (χ4n) is 2.11. The van der Waals surface area contributed by atoms with Crippen LogP contribution in [0.2, 0.25) is 0 Å². The molecule has 1 rings (SSSR count). The Hall–Kier alpha value is -1.22. The highest BCUT2D eigenvalue weighted by molar-refractivity contribution is 5.89. The summed E-state index contributed by atoms with van der Waals surface area (Å²) < 4.78 is 13.0. The van der Waals surface area contributed by atoms with Crippen molar-refractivity contribution in [3.63, 3.8) is 0 Å². The van der Waals surface area contributed by atoms with Crippen LogP contribution < -0.4 is 5.32 Å². The molecule has 0 fully saturated rings. The maximum atomic E-state index is 13.0. The zero-order chi connectivity index (χ0) is 15.6. The number of carbonyl (C=O) groups excluding carboxylic acids is 1. The quantitative estimate of drug-likeness (QED) is 0.909. The first-order valence-corrected chi connectivity index (χ1v) is 7.05. The summed E-state index contributed by atoms with van der Waals surface area (Å²) in [6.07, 6.45) is 0.577. The first-order chi connectivity index (χ1) is 8.99. The molecule has 20 heavy (non-hydrogen) atoms. The van der Waals surface area contributed by atoms with Crippen molar-refractivity contribution in [3.8, 4) is 0 Å². The summed E-state index contributed by atoms with van der Waals surface area (Å²) in [5.41, 5.74) is 0.417. The van der Waals surface area contributed by atoms with Crippen molar-refractivity contribution in [2.45, 2.75) is 59.5 Å². The van der Waals surface area contributed by atoms with E-state index in [4.69, 9.17) is 0 Å². The van der Waals surface area contributed by atoms with Crippen molar-refractivity contribution in [2.24, 2.45) is 5.41 Å². The van der Waals surface area contributed by atoms with Gasteiger partial charge in [-0.1, -0.05) is 32.9 Å². The van der Waals surface area contributed by atoms with E-state index in [-0.39, 0.29) is 23.2 Å². The lowest BCUT2D eigenvalue weighted by molar-refractivity contribution is -0.128. The number of ketones is 1. The van der Waals surface area contributed by atoms with Crippen molar-refractivity contribution in [3.05, 3.63) is 35.6 Å². The Morgan fingerprint density at radius 1 is 1.10 bits per heavy atom. The van der Waals surface area contributed by atoms with Gasteiger partial charge in [-0.05, 0) is 44.9 Å². The molecule has 1 aromatic rings. The molecule has 2 nitrogen and oxygen atoms in total. The van der Waals surface area contributed by atoms with Gasteiger partial charge in [0.25, 0.3) is 0 Å². The molecule has 0 saturated carbocycles. The Labute approximate surface area is 121 Å². The van der Waals surface area contributed by atoms with Crippen LogP contribution in [-0.4, -0.2) is 17.4 Å². The zero-order valence-corrected chi connectivity index (χ0v) is 13.4. The van der Waals surface area contributed by atoms with Crippen molar-refractivity contribution in [1.29, 1.82) is 0 Å². The van der Waals surface area contributed by atoms with Crippen LogP contribution in [0.4, 0.5) is 4.39 Å². The highest BCUT2D eigenvalue weighted by Crippen LogP contribution is 2.20. The van der Waals surface area contributed by atoms with Gasteiger partial charge in [0, 0.05) is 11.0 Å². The predicted molar refractivity (Wildman–Crippen MR) is 81.2 cm³/mol. The van der Waals surface area contributed by atoms with Crippen molar-refractivity contribution < 1.29 is 9.18 Å². The van der Waals surface area contributed by atoms with Gasteiger partial charge in [0.05, 0.1) is 6.04 Å². The average molecular weight is 279 g/mol. The monoisotopic (exact) mass is 279 g/mol. The van der Waals surface area contributed by atoms with Crippen molar-refractivity contribution >= 4 is 5.78 Å². The van der Waals surface area contributed by atoms with Crippen LogP contribution in [0, 0.1) is 11.2 Å². The molecule has 1 N–H and O–H groups in total. The lowest BCUT2D eigenvalue weighted by Gasteiger charge is -2.32. The van der Waals surface area contributed by atoms with Crippen molar-refractivity contribution in [2.75, 3.05) is 0 Å². The molecule has 112 valence electrons. The highest BCUT2D eigenvalue weighted by Gasteiger charge is 2.31. The van der Waals surface area contributed by atoms with E-state index in [1.54, 1.807) is 12.1 Å². The van der Waals surface area contributed by atoms with Crippen LogP contribution in [0.15, 0.2) is 24.3 Å². The summed E-state index contributed by atoms with van der Waals surface area (Å²) in [7, 11) is 0. The lowest BCUT2D eigenvalue weighted by atomic mass is 9.83. The zero-order valence-electron chi connectivity index (χ0n) is 13.4. The maximum Gasteiger partial charge on any atom is 0.155 e. The molecule has 0 saturated heterocycles. The van der Waals surface area contributed by atoms with E-state index in [2.05, 4.69) is 5.32 Å². The molecule has 0 aliphatic rings. The predicted octanol–water partition coefficient (Wildman–Crippen LogP) is 3.74. The summed E-state index contributed by atoms with van der Waals surface area (Å²) >= 11 is 0. The number of benzene rings is 1. The third-order valence-electron chi connectivity index (χ3n) is 3.02. The summed E-state index contributed by atoms with van der Waals surface area (Å²) in [6, 6.07) is 6.09. The van der Waals surface area contributed by atoms with Gasteiger partial charge in [-0.3, -0.25) is 4.79 Å². The molecular weight excluding hydrogens is 253 g/mol. The van der Waals surface area contributed by atoms with Crippen molar-refractivity contribution in [1.82, 2.24) is 5.32 Å². The fraction of sp³-hybridized carbons (Fsp3) is 0.588. The summed E-state index contributed by atoms with van der Waals surface area (Å²) in [5, 5.41) is 3.38. The average Bonchev–Trinajstić information content (AvgIpc) is 2.27. The van der Waals surface area contributed by atoms with Gasteiger partial charge in [0.15, 0.2) is 5.78 Å². The van der Waals surface area contributed by atoms with Crippen LogP contribution in [0.5, 0.6) is 0 Å². The highest BCUT2D eigenvalue weighted by atomic mass is 19.1. The van der Waals surface area contributed by atoms with E-state index in [1.165, 1.54) is 12.1 Å². The third-order valence-corrected chi connectivity index (χ3v) is 3.02. The molecule has 0 aromatic heterocycles. The second kappa shape index (κ2) is 6.04. The second-order valence-corrected chi connectivity index (χ2v) is 7.39. The molecule has 3 heteroatoms. The molecule has 0 spiro atoms. The standard InChI is InChI=1S/C17H26FNO/c1-16(2,3)15(20)14(19-17(4,5)6)11-12-7-9-13(18)10-8-12/h7-10,14,19H,11H2,1-6H3/t14-/m0/s1. The molecule has 0 aliphatic carbocycles. The number of rotatable bonds is 4. The molecule has 0 bridgehead atoms. The molecule has 0 unspecified atom stereocenters. The number of carbonyl (C=O) groups is 1. The number of nitrogens with one attached hydrogen (secondary N) is 1. The Morgan fingerprint density at radius 2 is 1.60 bits per heavy atom. The van der Waals surface area contributed by atoms with Crippen LogP contribution in [0.3, 0.4) is 0 Å². The van der Waals surface area contributed by atoms with Crippen LogP contribution in [-0.2, 0) is 11.2 Å². The number of hydrogen-bond acceptors (Lipinski definition) is 2. The number of hydrogen-bond donors (Lipinski definition) is 1. The number of Topliss-reactive ketones (excluding diaryl/α,β-unsaturated/α-hetero) is 1. The molecule has 1 atom stereocenters. The van der Waals surface area contributed by atoms with E-state index in [0.29, 0.717) is 6.42 Å². The summed E-state index contributed by atoms with van der Waals surface area (Å²) in [6.45, 7) is 11.9. The number of halogens is 1. The molecule has 1 aromatic carbocycles. The minimum absolute atomic E-state index is 0.147. The van der Waals surface area contributed by atoms with Gasteiger partial charge < -0.3 is 5.32 Å². The van der Waals surface area contributed by atoms with Crippen LogP contribution in [0.25, 0.3) is 0 Å². The van der Waals surface area contributed by atoms with Gasteiger partial charge in [0.2, 0.25) is 0 Å². The largest absolute Gasteiger partial charge is 0.302 e. The fourth-order valence-corrected chi connectivity index (χ4v) is 2.11. The molecule has 0 amide bonds. The Bertz CT molecular complexity index is 451. The molecule has 0 aliphatic heterocycles. The normalized spacial score (nSPS) is 14.2. The second-order valence-electron chi connectivity index (χ2n) is 7.39. The SMILES string of the molecule is CC(C)(C)N[C@@H](Cc1ccc(F)cc1)C(=O)C(C)(C)C. The third kappa shape index (κ3) is 5.41. The molecular formula is C17H26FNO. The van der Waals surface area contributed by atoms with E-state index in [9.17, 15) is 9.18 Å². The van der Waals surface area contributed by atoms with Gasteiger partial charge in [0.1, 0.15) is 5.82 Å². The smallest absolute Gasteiger partial charge is 0.155 e. The van der Waals surface area contributed by atoms with Crippen LogP contribution in [0.1, 0.15) is 47.1 Å². The van der Waals surface area contributed by atoms with E-state index in [0.717, 1.165) is 5.56 Å². The summed E-state index contributed by atoms with van der Waals surface area (Å²) in [5.74, 6) is -0.0759. The van der Waals surface area contributed by atoms with Gasteiger partial charge >= 0.3 is 0 Å². The van der Waals surface area contributed by atoms with E-state index < -0.39 is 5.41 Å². The lowest BCUT2D eigenvalue weighted by Crippen LogP contribution is -2.51. The van der Waals surface area contributed by atoms with Crippen LogP contribution >= 0.6 is 0 Å². The summed E-state index contributed by atoms with van der Waals surface area (Å²) in [4.78, 5) is 12.6. The Morgan fingerprint density at radius 3 is 2.00 bits per heavy atom. The maximum absolute atomic E-state index is 13.0. The first kappa shape index (κ1) is 16.8. The molecule has 0 radical (unpaired) electrons. The van der Waals surface area contributed by atoms with Gasteiger partial charge in [-0.25, -0.2) is 4.39 Å².